The molecule has 0 amide bonds. The van der Waals surface area contributed by atoms with Crippen molar-refractivity contribution < 1.29 is 18.3 Å². The van der Waals surface area contributed by atoms with Gasteiger partial charge in [-0.05, 0) is 24.3 Å². The monoisotopic (exact) mass is 498 g/mol. The van der Waals surface area contributed by atoms with E-state index in [2.05, 4.69) is 15.3 Å². The summed E-state index contributed by atoms with van der Waals surface area (Å²) in [7, 11) is 1.52. The van der Waals surface area contributed by atoms with Crippen LogP contribution in [0.15, 0.2) is 41.5 Å². The van der Waals surface area contributed by atoms with Crippen LogP contribution in [-0.4, -0.2) is 31.1 Å². The molecule has 0 radical (unpaired) electrons. The van der Waals surface area contributed by atoms with Crippen molar-refractivity contribution in [2.45, 2.75) is 13.0 Å². The van der Waals surface area contributed by atoms with Gasteiger partial charge in [0.05, 0.1) is 18.7 Å². The number of methoxy groups -OCH3 is 1. The summed E-state index contributed by atoms with van der Waals surface area (Å²) in [5.41, 5.74) is 7.00. The first-order valence-electron chi connectivity index (χ1n) is 7.25. The Morgan fingerprint density at radius 3 is 2.81 bits per heavy atom. The second-order valence-electron chi connectivity index (χ2n) is 4.85. The summed E-state index contributed by atoms with van der Waals surface area (Å²) in [5.74, 6) is 0.774. The van der Waals surface area contributed by atoms with Crippen LogP contribution in [-0.2, 0) is 6.54 Å². The van der Waals surface area contributed by atoms with Crippen LogP contribution in [0, 0.1) is 0 Å². The highest BCUT2D eigenvalue weighted by molar-refractivity contribution is 14.0. The van der Waals surface area contributed by atoms with Gasteiger partial charge >= 0.3 is 0 Å². The number of hydrogen-bond acceptors (Lipinski definition) is 4. The summed E-state index contributed by atoms with van der Waals surface area (Å²) < 4.78 is 34.6. The minimum atomic E-state index is -2.58. The van der Waals surface area contributed by atoms with E-state index in [1.807, 2.05) is 0 Å². The van der Waals surface area contributed by atoms with Gasteiger partial charge < -0.3 is 20.5 Å². The maximum atomic E-state index is 12.3. The van der Waals surface area contributed by atoms with Gasteiger partial charge in [-0.15, -0.1) is 24.0 Å². The molecule has 3 N–H and O–H groups in total. The number of halogens is 4. The highest BCUT2D eigenvalue weighted by Gasteiger charge is 2.09. The molecule has 0 unspecified atom stereocenters. The number of nitrogens with zero attached hydrogens (tertiary/aromatic N) is 2. The zero-order chi connectivity index (χ0) is 18.2. The molecule has 0 spiro atoms. The molecule has 0 atom stereocenters. The number of benzene rings is 1. The zero-order valence-electron chi connectivity index (χ0n) is 13.8. The van der Waals surface area contributed by atoms with E-state index in [4.69, 9.17) is 26.8 Å². The van der Waals surface area contributed by atoms with E-state index >= 15 is 0 Å². The van der Waals surface area contributed by atoms with Crippen LogP contribution < -0.4 is 20.5 Å². The van der Waals surface area contributed by atoms with Gasteiger partial charge in [-0.2, -0.15) is 0 Å². The van der Waals surface area contributed by atoms with Gasteiger partial charge in [-0.3, -0.25) is 0 Å². The number of guanidine groups is 1. The maximum Gasteiger partial charge on any atom is 0.272 e. The van der Waals surface area contributed by atoms with Gasteiger partial charge in [0, 0.05) is 17.4 Å². The number of ether oxygens (including phenoxy) is 2. The number of nitrogens with two attached hydrogens (primary N) is 1. The second-order valence-corrected chi connectivity index (χ2v) is 5.25. The number of anilines is 1. The molecule has 0 aliphatic heterocycles. The molecule has 0 aliphatic carbocycles. The minimum Gasteiger partial charge on any atom is -0.495 e. The zero-order valence-corrected chi connectivity index (χ0v) is 16.9. The molecule has 6 nitrogen and oxygen atoms in total. The van der Waals surface area contributed by atoms with E-state index in [0.717, 1.165) is 0 Å². The first kappa shape index (κ1) is 22.2. The predicted molar refractivity (Wildman–Crippen MR) is 108 cm³/mol. The fraction of sp³-hybridized carbons (Fsp3) is 0.250. The van der Waals surface area contributed by atoms with Gasteiger partial charge in [-0.25, -0.2) is 18.8 Å². The highest BCUT2D eigenvalue weighted by atomic mass is 127. The molecular weight excluding hydrogens is 481 g/mol. The lowest BCUT2D eigenvalue weighted by Crippen LogP contribution is -2.22. The maximum absolute atomic E-state index is 12.3. The molecule has 0 saturated carbocycles. The fourth-order valence-electron chi connectivity index (χ4n) is 1.92. The van der Waals surface area contributed by atoms with Crippen molar-refractivity contribution >= 4 is 47.2 Å². The standard InChI is InChI=1S/C16H17ClF2N4O2.HI/c1-24-13-5-4-11(7-12(13)17)23-16(20)22-8-10-3-2-6-21-15(10)25-9-14(18)19;/h2-7,14H,8-9H2,1H3,(H3,20,22,23);1H. The lowest BCUT2D eigenvalue weighted by Gasteiger charge is -2.10. The van der Waals surface area contributed by atoms with Crippen LogP contribution in [0.2, 0.25) is 5.02 Å². The van der Waals surface area contributed by atoms with Crippen LogP contribution in [0.3, 0.4) is 0 Å². The Morgan fingerprint density at radius 2 is 2.15 bits per heavy atom. The molecule has 1 heterocycles. The van der Waals surface area contributed by atoms with E-state index in [-0.39, 0.29) is 42.4 Å². The van der Waals surface area contributed by atoms with Gasteiger partial charge in [-0.1, -0.05) is 17.7 Å². The summed E-state index contributed by atoms with van der Waals surface area (Å²) in [6, 6.07) is 8.40. The van der Waals surface area contributed by atoms with Crippen LogP contribution >= 0.6 is 35.6 Å². The predicted octanol–water partition coefficient (Wildman–Crippen LogP) is 3.93. The molecule has 10 heteroatoms. The summed E-state index contributed by atoms with van der Waals surface area (Å²) >= 11 is 6.04. The van der Waals surface area contributed by atoms with Gasteiger partial charge in [0.15, 0.2) is 12.6 Å². The minimum absolute atomic E-state index is 0. The van der Waals surface area contributed by atoms with Crippen molar-refractivity contribution in [2.75, 3.05) is 19.0 Å². The molecule has 0 bridgehead atoms. The molecule has 0 saturated heterocycles. The molecule has 2 aromatic rings. The van der Waals surface area contributed by atoms with Crippen molar-refractivity contribution in [2.24, 2.45) is 10.7 Å². The van der Waals surface area contributed by atoms with Crippen molar-refractivity contribution in [3.63, 3.8) is 0 Å². The molecular formula is C16H18ClF2IN4O2. The van der Waals surface area contributed by atoms with Crippen LogP contribution in [0.5, 0.6) is 11.6 Å². The normalized spacial score (nSPS) is 11.0. The average Bonchev–Trinajstić information content (AvgIpc) is 2.59. The van der Waals surface area contributed by atoms with Gasteiger partial charge in [0.2, 0.25) is 5.88 Å². The second kappa shape index (κ2) is 11.0. The Hall–Kier alpha value is -1.88. The Kier molecular flexibility index (Phi) is 9.35. The Morgan fingerprint density at radius 1 is 1.38 bits per heavy atom. The molecule has 0 aliphatic rings. The van der Waals surface area contributed by atoms with E-state index in [9.17, 15) is 8.78 Å². The first-order chi connectivity index (χ1) is 12.0. The van der Waals surface area contributed by atoms with E-state index in [1.54, 1.807) is 30.3 Å². The topological polar surface area (TPSA) is 81.8 Å². The lowest BCUT2D eigenvalue weighted by molar-refractivity contribution is 0.0791. The van der Waals surface area contributed by atoms with Crippen LogP contribution in [0.25, 0.3) is 0 Å². The number of rotatable bonds is 7. The number of hydrogen-bond donors (Lipinski definition) is 2. The number of nitrogens with one attached hydrogen (secondary N) is 1. The fourth-order valence-corrected chi connectivity index (χ4v) is 2.18. The SMILES string of the molecule is COc1ccc(NC(N)=NCc2cccnc2OCC(F)F)cc1Cl.I. The van der Waals surface area contributed by atoms with Gasteiger partial charge in [0.1, 0.15) is 5.75 Å². The molecule has 0 fully saturated rings. The summed E-state index contributed by atoms with van der Waals surface area (Å²) in [4.78, 5) is 8.08. The smallest absolute Gasteiger partial charge is 0.272 e. The van der Waals surface area contributed by atoms with E-state index in [1.165, 1.54) is 13.3 Å². The Balaban J connectivity index is 0.00000338. The Labute approximate surface area is 171 Å². The third kappa shape index (κ3) is 6.79. The third-order valence-electron chi connectivity index (χ3n) is 3.04. The lowest BCUT2D eigenvalue weighted by atomic mass is 10.3. The number of pyridine rings is 1. The largest absolute Gasteiger partial charge is 0.495 e. The molecule has 26 heavy (non-hydrogen) atoms. The molecule has 1 aromatic carbocycles. The average molecular weight is 499 g/mol. The van der Waals surface area contributed by atoms with Crippen LogP contribution in [0.4, 0.5) is 14.5 Å². The molecule has 142 valence electrons. The summed E-state index contributed by atoms with van der Waals surface area (Å²) in [6.07, 6.45) is -1.13. The van der Waals surface area contributed by atoms with Crippen molar-refractivity contribution in [3.8, 4) is 11.6 Å². The third-order valence-corrected chi connectivity index (χ3v) is 3.34. The quantitative estimate of drug-likeness (QED) is 0.343. The first-order valence-corrected chi connectivity index (χ1v) is 7.62. The Bertz CT molecular complexity index is 750. The summed E-state index contributed by atoms with van der Waals surface area (Å²) in [6.45, 7) is -0.610. The molecule has 1 aromatic heterocycles. The van der Waals surface area contributed by atoms with Crippen molar-refractivity contribution in [1.29, 1.82) is 0 Å². The van der Waals surface area contributed by atoms with Crippen molar-refractivity contribution in [3.05, 3.63) is 47.1 Å². The highest BCUT2D eigenvalue weighted by Crippen LogP contribution is 2.27. The van der Waals surface area contributed by atoms with Gasteiger partial charge in [0.25, 0.3) is 6.43 Å². The van der Waals surface area contributed by atoms with E-state index in [0.29, 0.717) is 22.0 Å². The van der Waals surface area contributed by atoms with E-state index < -0.39 is 13.0 Å². The summed E-state index contributed by atoms with van der Waals surface area (Å²) in [5, 5.41) is 3.31. The number of aromatic nitrogens is 1. The number of aliphatic imine (C=N–C) groups is 1. The van der Waals surface area contributed by atoms with Crippen LogP contribution in [0.1, 0.15) is 5.56 Å². The number of alkyl halides is 2. The molecule has 2 rings (SSSR count). The van der Waals surface area contributed by atoms with Crippen molar-refractivity contribution in [1.82, 2.24) is 4.98 Å².